The summed E-state index contributed by atoms with van der Waals surface area (Å²) in [4.78, 5) is 22.9. The molecule has 27 heavy (non-hydrogen) atoms. The van der Waals surface area contributed by atoms with E-state index in [4.69, 9.17) is 0 Å². The van der Waals surface area contributed by atoms with Gasteiger partial charge in [-0.25, -0.2) is 17.9 Å². The van der Waals surface area contributed by atoms with Crippen LogP contribution in [0.5, 0.6) is 0 Å². The van der Waals surface area contributed by atoms with Crippen LogP contribution in [0.1, 0.15) is 16.1 Å². The molecule has 3 aromatic rings. The van der Waals surface area contributed by atoms with Gasteiger partial charge in [-0.1, -0.05) is 0 Å². The van der Waals surface area contributed by atoms with Crippen LogP contribution in [-0.4, -0.2) is 69.3 Å². The smallest absolute Gasteiger partial charge is 0.259 e. The minimum absolute atomic E-state index is 0.160. The molecule has 0 N–H and O–H groups in total. The number of carbonyl (C=O) groups is 1. The Morgan fingerprint density at radius 3 is 2.59 bits per heavy atom. The molecule has 0 atom stereocenters. The number of pyridine rings is 1. The lowest BCUT2D eigenvalue weighted by Crippen LogP contribution is -2.50. The molecule has 1 aliphatic rings. The van der Waals surface area contributed by atoms with E-state index in [0.29, 0.717) is 30.0 Å². The van der Waals surface area contributed by atoms with Crippen LogP contribution in [0.4, 0.5) is 0 Å². The van der Waals surface area contributed by atoms with E-state index >= 15 is 0 Å². The molecule has 3 aromatic heterocycles. The van der Waals surface area contributed by atoms with Crippen molar-refractivity contribution >= 4 is 21.6 Å². The molecule has 0 saturated carbocycles. The Morgan fingerprint density at radius 2 is 1.89 bits per heavy atom. The number of amides is 1. The number of hydrogen-bond acceptors (Lipinski definition) is 6. The van der Waals surface area contributed by atoms with Crippen molar-refractivity contribution < 1.29 is 13.2 Å². The molecule has 0 spiro atoms. The Morgan fingerprint density at radius 1 is 1.11 bits per heavy atom. The summed E-state index contributed by atoms with van der Waals surface area (Å²) in [5.41, 5.74) is 1.56. The molecular weight excluding hydrogens is 368 g/mol. The van der Waals surface area contributed by atoms with E-state index in [2.05, 4.69) is 15.1 Å². The van der Waals surface area contributed by atoms with Crippen LogP contribution in [-0.2, 0) is 10.0 Å². The standard InChI is InChI=1S/C17H18N6O3S/c1-13-15(16-19-6-3-7-23(16)20-13)17(24)21-8-10-22(11-9-21)27(25,26)14-4-2-5-18-12-14/h2-7,12H,8-11H2,1H3. The van der Waals surface area contributed by atoms with Gasteiger partial charge in [-0.3, -0.25) is 9.78 Å². The van der Waals surface area contributed by atoms with E-state index in [9.17, 15) is 13.2 Å². The zero-order chi connectivity index (χ0) is 19.0. The molecule has 0 aliphatic carbocycles. The van der Waals surface area contributed by atoms with Gasteiger partial charge in [0.2, 0.25) is 10.0 Å². The van der Waals surface area contributed by atoms with Crippen LogP contribution in [0.15, 0.2) is 47.9 Å². The fraction of sp³-hybridized carbons (Fsp3) is 0.294. The summed E-state index contributed by atoms with van der Waals surface area (Å²) in [6.07, 6.45) is 6.22. The molecule has 140 valence electrons. The van der Waals surface area contributed by atoms with Gasteiger partial charge < -0.3 is 4.90 Å². The molecule has 4 rings (SSSR count). The molecule has 0 bridgehead atoms. The van der Waals surface area contributed by atoms with Gasteiger partial charge >= 0.3 is 0 Å². The Kier molecular flexibility index (Phi) is 4.36. The largest absolute Gasteiger partial charge is 0.336 e. The highest BCUT2D eigenvalue weighted by Gasteiger charge is 2.32. The molecule has 0 radical (unpaired) electrons. The van der Waals surface area contributed by atoms with Crippen LogP contribution < -0.4 is 0 Å². The van der Waals surface area contributed by atoms with Crippen molar-refractivity contribution in [3.8, 4) is 0 Å². The van der Waals surface area contributed by atoms with Crippen molar-refractivity contribution in [1.29, 1.82) is 0 Å². The molecule has 0 unspecified atom stereocenters. The number of piperazine rings is 1. The third kappa shape index (κ3) is 3.06. The maximum absolute atomic E-state index is 13.0. The topological polar surface area (TPSA) is 101 Å². The Balaban J connectivity index is 1.52. The maximum atomic E-state index is 13.0. The number of nitrogens with zero attached hydrogens (tertiary/aromatic N) is 6. The summed E-state index contributed by atoms with van der Waals surface area (Å²) in [7, 11) is -3.60. The number of fused-ring (bicyclic) bond motifs is 1. The highest BCUT2D eigenvalue weighted by molar-refractivity contribution is 7.89. The molecule has 10 heteroatoms. The summed E-state index contributed by atoms with van der Waals surface area (Å²) in [6.45, 7) is 2.85. The van der Waals surface area contributed by atoms with Crippen LogP contribution >= 0.6 is 0 Å². The first-order chi connectivity index (χ1) is 13.0. The van der Waals surface area contributed by atoms with E-state index in [1.807, 2.05) is 0 Å². The highest BCUT2D eigenvalue weighted by Crippen LogP contribution is 2.20. The van der Waals surface area contributed by atoms with Crippen molar-refractivity contribution in [3.05, 3.63) is 54.2 Å². The zero-order valence-corrected chi connectivity index (χ0v) is 15.5. The van der Waals surface area contributed by atoms with Gasteiger partial charge in [0, 0.05) is 51.0 Å². The number of aryl methyl sites for hydroxylation is 1. The maximum Gasteiger partial charge on any atom is 0.259 e. The predicted octanol–water partition coefficient (Wildman–Crippen LogP) is 0.579. The van der Waals surface area contributed by atoms with Crippen LogP contribution in [0.2, 0.25) is 0 Å². The number of aromatic nitrogens is 4. The Bertz CT molecular complexity index is 1090. The van der Waals surface area contributed by atoms with Crippen molar-refractivity contribution in [2.75, 3.05) is 26.2 Å². The second-order valence-electron chi connectivity index (χ2n) is 6.23. The number of carbonyl (C=O) groups excluding carboxylic acids is 1. The zero-order valence-electron chi connectivity index (χ0n) is 14.7. The molecule has 1 saturated heterocycles. The molecule has 0 aromatic carbocycles. The minimum atomic E-state index is -3.60. The van der Waals surface area contributed by atoms with Gasteiger partial charge in [-0.05, 0) is 25.1 Å². The molecule has 1 aliphatic heterocycles. The quantitative estimate of drug-likeness (QED) is 0.653. The number of sulfonamides is 1. The first-order valence-electron chi connectivity index (χ1n) is 8.48. The lowest BCUT2D eigenvalue weighted by Gasteiger charge is -2.33. The third-order valence-electron chi connectivity index (χ3n) is 4.58. The van der Waals surface area contributed by atoms with E-state index in [1.54, 1.807) is 40.9 Å². The van der Waals surface area contributed by atoms with Crippen molar-refractivity contribution in [1.82, 2.24) is 28.8 Å². The van der Waals surface area contributed by atoms with E-state index < -0.39 is 10.0 Å². The lowest BCUT2D eigenvalue weighted by atomic mass is 10.2. The van der Waals surface area contributed by atoms with Gasteiger partial charge in [-0.2, -0.15) is 9.40 Å². The second-order valence-corrected chi connectivity index (χ2v) is 8.17. The SMILES string of the molecule is Cc1nn2cccnc2c1C(=O)N1CCN(S(=O)(=O)c2cccnc2)CC1. The lowest BCUT2D eigenvalue weighted by molar-refractivity contribution is 0.0699. The summed E-state index contributed by atoms with van der Waals surface area (Å²) in [5.74, 6) is -0.181. The van der Waals surface area contributed by atoms with Crippen molar-refractivity contribution in [2.45, 2.75) is 11.8 Å². The third-order valence-corrected chi connectivity index (χ3v) is 6.46. The van der Waals surface area contributed by atoms with Crippen LogP contribution in [0, 0.1) is 6.92 Å². The van der Waals surface area contributed by atoms with E-state index in [-0.39, 0.29) is 23.9 Å². The molecule has 1 amide bonds. The first kappa shape index (κ1) is 17.6. The Labute approximate surface area is 156 Å². The molecule has 9 nitrogen and oxygen atoms in total. The van der Waals surface area contributed by atoms with Crippen LogP contribution in [0.3, 0.4) is 0 Å². The van der Waals surface area contributed by atoms with Crippen molar-refractivity contribution in [2.24, 2.45) is 0 Å². The fourth-order valence-electron chi connectivity index (χ4n) is 3.19. The van der Waals surface area contributed by atoms with Gasteiger partial charge in [0.15, 0.2) is 5.65 Å². The van der Waals surface area contributed by atoms with E-state index in [0.717, 1.165) is 0 Å². The van der Waals surface area contributed by atoms with Gasteiger partial charge in [0.05, 0.1) is 5.69 Å². The predicted molar refractivity (Wildman–Crippen MR) is 96.6 cm³/mol. The minimum Gasteiger partial charge on any atom is -0.336 e. The van der Waals surface area contributed by atoms with Crippen molar-refractivity contribution in [3.63, 3.8) is 0 Å². The average Bonchev–Trinajstić information content (AvgIpc) is 3.04. The van der Waals surface area contributed by atoms with E-state index in [1.165, 1.54) is 22.8 Å². The molecular formula is C17H18N6O3S. The number of hydrogen-bond donors (Lipinski definition) is 0. The molecule has 4 heterocycles. The molecule has 1 fully saturated rings. The van der Waals surface area contributed by atoms with Gasteiger partial charge in [0.25, 0.3) is 5.91 Å². The fourth-order valence-corrected chi connectivity index (χ4v) is 4.57. The Hall–Kier alpha value is -2.85. The summed E-state index contributed by atoms with van der Waals surface area (Å²) >= 11 is 0. The van der Waals surface area contributed by atoms with Gasteiger partial charge in [0.1, 0.15) is 10.5 Å². The second kappa shape index (κ2) is 6.71. The van der Waals surface area contributed by atoms with Gasteiger partial charge in [-0.15, -0.1) is 0 Å². The summed E-state index contributed by atoms with van der Waals surface area (Å²) in [6, 6.07) is 4.86. The highest BCUT2D eigenvalue weighted by atomic mass is 32.2. The van der Waals surface area contributed by atoms with Crippen LogP contribution in [0.25, 0.3) is 5.65 Å². The number of rotatable bonds is 3. The summed E-state index contributed by atoms with van der Waals surface area (Å²) in [5, 5.41) is 4.32. The monoisotopic (exact) mass is 386 g/mol. The average molecular weight is 386 g/mol. The first-order valence-corrected chi connectivity index (χ1v) is 9.92. The normalized spacial score (nSPS) is 16.0. The summed E-state index contributed by atoms with van der Waals surface area (Å²) < 4.78 is 28.3.